The zero-order valence-electron chi connectivity index (χ0n) is 14.9. The molecule has 1 aliphatic heterocycles. The third-order valence-corrected chi connectivity index (χ3v) is 4.31. The molecule has 0 atom stereocenters. The van der Waals surface area contributed by atoms with Gasteiger partial charge in [-0.05, 0) is 42.0 Å². The lowest BCUT2D eigenvalue weighted by atomic mass is 10.2. The molecule has 0 fully saturated rings. The van der Waals surface area contributed by atoms with E-state index in [2.05, 4.69) is 5.10 Å². The number of esters is 1. The summed E-state index contributed by atoms with van der Waals surface area (Å²) in [5, 5.41) is 4.28. The molecular formula is C19H14ClFN2O6. The Morgan fingerprint density at radius 1 is 1.21 bits per heavy atom. The van der Waals surface area contributed by atoms with E-state index >= 15 is 0 Å². The topological polar surface area (TPSA) is 92.8 Å². The quantitative estimate of drug-likeness (QED) is 0.586. The van der Waals surface area contributed by atoms with Crippen LogP contribution in [0, 0.1) is 5.82 Å². The van der Waals surface area contributed by atoms with Crippen LogP contribution in [0.3, 0.4) is 0 Å². The summed E-state index contributed by atoms with van der Waals surface area (Å²) in [6, 6.07) is 8.52. The van der Waals surface area contributed by atoms with Crippen LogP contribution in [0.2, 0.25) is 5.02 Å². The van der Waals surface area contributed by atoms with Gasteiger partial charge in [0.1, 0.15) is 32.2 Å². The van der Waals surface area contributed by atoms with E-state index in [0.717, 1.165) is 4.68 Å². The van der Waals surface area contributed by atoms with Gasteiger partial charge in [-0.15, -0.1) is 5.10 Å². The minimum absolute atomic E-state index is 0.0265. The van der Waals surface area contributed by atoms with Gasteiger partial charge in [-0.3, -0.25) is 4.79 Å². The van der Waals surface area contributed by atoms with Gasteiger partial charge in [0, 0.05) is 5.56 Å². The number of hydrogen-bond acceptors (Lipinski definition) is 7. The molecule has 2 heterocycles. The molecule has 0 saturated carbocycles. The minimum atomic E-state index is -0.830. The number of benzene rings is 2. The lowest BCUT2D eigenvalue weighted by Crippen LogP contribution is -2.23. The van der Waals surface area contributed by atoms with Crippen molar-refractivity contribution in [1.29, 1.82) is 0 Å². The highest BCUT2D eigenvalue weighted by molar-refractivity contribution is 6.32. The van der Waals surface area contributed by atoms with E-state index in [0.29, 0.717) is 40.9 Å². The molecule has 0 saturated heterocycles. The fraction of sp³-hybridized carbons (Fsp3) is 0.211. The van der Waals surface area contributed by atoms with Crippen molar-refractivity contribution < 1.29 is 27.8 Å². The van der Waals surface area contributed by atoms with Gasteiger partial charge in [0.05, 0.1) is 5.02 Å². The highest BCUT2D eigenvalue weighted by Gasteiger charge is 2.18. The molecule has 2 aromatic carbocycles. The SMILES string of the molecule is O=C(Cn1nc(-c2ccc(F)cc2)oc1=O)OCc1cc(Cl)c2c(c1)OCCO2. The summed E-state index contributed by atoms with van der Waals surface area (Å²) in [5.74, 6) is -1.05. The van der Waals surface area contributed by atoms with Crippen LogP contribution < -0.4 is 15.2 Å². The Hall–Kier alpha value is -3.33. The normalized spacial score (nSPS) is 12.6. The smallest absolute Gasteiger partial charge is 0.437 e. The second-order valence-electron chi connectivity index (χ2n) is 6.10. The van der Waals surface area contributed by atoms with E-state index in [1.54, 1.807) is 12.1 Å². The molecule has 0 aliphatic carbocycles. The van der Waals surface area contributed by atoms with Crippen molar-refractivity contribution in [3.8, 4) is 23.0 Å². The second-order valence-corrected chi connectivity index (χ2v) is 6.51. The first kappa shape index (κ1) is 19.0. The third kappa shape index (κ3) is 4.24. The standard InChI is InChI=1S/C19H14ClFN2O6/c20-14-7-11(8-15-17(14)27-6-5-26-15)10-28-16(24)9-23-19(25)29-18(22-23)12-1-3-13(21)4-2-12/h1-4,7-8H,5-6,9-10H2. The minimum Gasteiger partial charge on any atom is -0.486 e. The predicted octanol–water partition coefficient (Wildman–Crippen LogP) is 2.81. The Balaban J connectivity index is 1.41. The average Bonchev–Trinajstić information content (AvgIpc) is 3.07. The molecule has 8 nitrogen and oxygen atoms in total. The summed E-state index contributed by atoms with van der Waals surface area (Å²) in [6.07, 6.45) is 0. The molecule has 0 N–H and O–H groups in total. The van der Waals surface area contributed by atoms with E-state index in [4.69, 9.17) is 30.2 Å². The summed E-state index contributed by atoms with van der Waals surface area (Å²) < 4.78 is 34.9. The van der Waals surface area contributed by atoms with Crippen LogP contribution in [0.5, 0.6) is 11.5 Å². The zero-order chi connectivity index (χ0) is 20.4. The number of aromatic nitrogens is 2. The maximum atomic E-state index is 13.0. The summed E-state index contributed by atoms with van der Waals surface area (Å²) in [6.45, 7) is 0.292. The average molecular weight is 421 g/mol. The van der Waals surface area contributed by atoms with Gasteiger partial charge in [0.15, 0.2) is 11.5 Å². The first-order valence-corrected chi connectivity index (χ1v) is 8.95. The molecule has 150 valence electrons. The van der Waals surface area contributed by atoms with E-state index in [9.17, 15) is 14.0 Å². The molecule has 10 heteroatoms. The van der Waals surface area contributed by atoms with Crippen molar-refractivity contribution >= 4 is 17.6 Å². The summed E-state index contributed by atoms with van der Waals surface area (Å²) in [4.78, 5) is 24.0. The maximum absolute atomic E-state index is 13.0. The van der Waals surface area contributed by atoms with Gasteiger partial charge < -0.3 is 18.6 Å². The van der Waals surface area contributed by atoms with Crippen LogP contribution in [-0.4, -0.2) is 29.0 Å². The highest BCUT2D eigenvalue weighted by atomic mass is 35.5. The molecule has 0 unspecified atom stereocenters. The predicted molar refractivity (Wildman–Crippen MR) is 98.4 cm³/mol. The number of rotatable bonds is 5. The lowest BCUT2D eigenvalue weighted by molar-refractivity contribution is -0.146. The first-order valence-electron chi connectivity index (χ1n) is 8.57. The molecule has 1 aliphatic rings. The van der Waals surface area contributed by atoms with Crippen molar-refractivity contribution in [3.63, 3.8) is 0 Å². The number of carbonyl (C=O) groups is 1. The summed E-state index contributed by atoms with van der Waals surface area (Å²) in [7, 11) is 0. The van der Waals surface area contributed by atoms with E-state index < -0.39 is 24.1 Å². The Bertz CT molecular complexity index is 1110. The Morgan fingerprint density at radius 2 is 1.97 bits per heavy atom. The molecule has 0 amide bonds. The van der Waals surface area contributed by atoms with Crippen molar-refractivity contribution in [1.82, 2.24) is 9.78 Å². The van der Waals surface area contributed by atoms with Crippen LogP contribution in [0.4, 0.5) is 4.39 Å². The van der Waals surface area contributed by atoms with Gasteiger partial charge in [-0.1, -0.05) is 11.6 Å². The van der Waals surface area contributed by atoms with E-state index in [1.807, 2.05) is 0 Å². The van der Waals surface area contributed by atoms with Crippen LogP contribution in [-0.2, 0) is 22.7 Å². The van der Waals surface area contributed by atoms with Crippen molar-refractivity contribution in [2.75, 3.05) is 13.2 Å². The maximum Gasteiger partial charge on any atom is 0.437 e. The second kappa shape index (κ2) is 7.96. The molecular weight excluding hydrogens is 407 g/mol. The largest absolute Gasteiger partial charge is 0.486 e. The monoisotopic (exact) mass is 420 g/mol. The van der Waals surface area contributed by atoms with E-state index in [1.165, 1.54) is 24.3 Å². The Kier molecular flexibility index (Phi) is 5.22. The number of halogens is 2. The third-order valence-electron chi connectivity index (χ3n) is 4.03. The van der Waals surface area contributed by atoms with Gasteiger partial charge in [0.2, 0.25) is 5.89 Å². The number of nitrogens with zero attached hydrogens (tertiary/aromatic N) is 2. The number of carbonyl (C=O) groups excluding carboxylic acids is 1. The first-order chi connectivity index (χ1) is 14.0. The number of ether oxygens (including phenoxy) is 3. The Morgan fingerprint density at radius 3 is 2.76 bits per heavy atom. The molecule has 0 spiro atoms. The van der Waals surface area contributed by atoms with E-state index in [-0.39, 0.29) is 12.5 Å². The van der Waals surface area contributed by atoms with Crippen LogP contribution >= 0.6 is 11.6 Å². The fourth-order valence-corrected chi connectivity index (χ4v) is 2.98. The molecule has 4 rings (SSSR count). The van der Waals surface area contributed by atoms with Crippen molar-refractivity contribution in [3.05, 3.63) is 63.4 Å². The highest BCUT2D eigenvalue weighted by Crippen LogP contribution is 2.38. The Labute approximate surface area is 168 Å². The molecule has 1 aromatic heterocycles. The molecule has 3 aromatic rings. The van der Waals surface area contributed by atoms with Gasteiger partial charge in [-0.25, -0.2) is 9.18 Å². The fourth-order valence-electron chi connectivity index (χ4n) is 2.69. The van der Waals surface area contributed by atoms with Gasteiger partial charge in [-0.2, -0.15) is 4.68 Å². The van der Waals surface area contributed by atoms with Gasteiger partial charge >= 0.3 is 11.7 Å². The molecule has 29 heavy (non-hydrogen) atoms. The number of hydrogen-bond donors (Lipinski definition) is 0. The van der Waals surface area contributed by atoms with Gasteiger partial charge in [0.25, 0.3) is 0 Å². The van der Waals surface area contributed by atoms with Crippen LogP contribution in [0.25, 0.3) is 11.5 Å². The zero-order valence-corrected chi connectivity index (χ0v) is 15.6. The molecule has 0 radical (unpaired) electrons. The van der Waals surface area contributed by atoms with Crippen LogP contribution in [0.15, 0.2) is 45.6 Å². The lowest BCUT2D eigenvalue weighted by Gasteiger charge is -2.20. The number of fused-ring (bicyclic) bond motifs is 1. The van der Waals surface area contributed by atoms with Crippen LogP contribution in [0.1, 0.15) is 5.56 Å². The summed E-state index contributed by atoms with van der Waals surface area (Å²) >= 11 is 6.15. The van der Waals surface area contributed by atoms with Crippen molar-refractivity contribution in [2.45, 2.75) is 13.2 Å². The molecule has 0 bridgehead atoms. The van der Waals surface area contributed by atoms with Crippen molar-refractivity contribution in [2.24, 2.45) is 0 Å². The summed E-state index contributed by atoms with van der Waals surface area (Å²) in [5.41, 5.74) is 1.01.